The van der Waals surface area contributed by atoms with Crippen LogP contribution in [0.3, 0.4) is 0 Å². The van der Waals surface area contributed by atoms with E-state index in [1.165, 1.54) is 6.07 Å². The van der Waals surface area contributed by atoms with Crippen LogP contribution in [-0.2, 0) is 11.2 Å². The van der Waals surface area contributed by atoms with E-state index in [4.69, 9.17) is 16.1 Å². The van der Waals surface area contributed by atoms with E-state index >= 15 is 0 Å². The summed E-state index contributed by atoms with van der Waals surface area (Å²) in [7, 11) is 1.70. The number of piperidine rings is 1. The number of aromatic carboxylic acids is 1. The molecule has 124 valence electrons. The second-order valence-corrected chi connectivity index (χ2v) is 5.86. The molecule has 2 heterocycles. The fourth-order valence-corrected chi connectivity index (χ4v) is 2.87. The van der Waals surface area contributed by atoms with Crippen molar-refractivity contribution >= 4 is 11.9 Å². The van der Waals surface area contributed by atoms with Crippen molar-refractivity contribution in [3.63, 3.8) is 0 Å². The van der Waals surface area contributed by atoms with Gasteiger partial charge in [-0.25, -0.2) is 4.79 Å². The molecule has 2 unspecified atom stereocenters. The van der Waals surface area contributed by atoms with Crippen molar-refractivity contribution in [1.82, 2.24) is 15.4 Å². The Morgan fingerprint density at radius 1 is 1.57 bits per heavy atom. The minimum absolute atomic E-state index is 0.0335. The average molecular weight is 319 g/mol. The van der Waals surface area contributed by atoms with Crippen LogP contribution < -0.4 is 5.32 Å². The maximum Gasteiger partial charge on any atom is 0.374 e. The number of amides is 1. The van der Waals surface area contributed by atoms with E-state index in [1.807, 2.05) is 0 Å². The number of nitrogens with zero attached hydrogens (tertiary/aromatic N) is 2. The van der Waals surface area contributed by atoms with Gasteiger partial charge in [-0.05, 0) is 37.8 Å². The van der Waals surface area contributed by atoms with Crippen LogP contribution in [0.5, 0.6) is 0 Å². The summed E-state index contributed by atoms with van der Waals surface area (Å²) in [6, 6.07) is 1.44. The molecule has 23 heavy (non-hydrogen) atoms. The van der Waals surface area contributed by atoms with Gasteiger partial charge in [-0.2, -0.15) is 0 Å². The van der Waals surface area contributed by atoms with Crippen molar-refractivity contribution in [2.75, 3.05) is 26.7 Å². The Morgan fingerprint density at radius 3 is 3.00 bits per heavy atom. The molecule has 2 rings (SSSR count). The highest BCUT2D eigenvalue weighted by atomic mass is 16.5. The third-order valence-corrected chi connectivity index (χ3v) is 4.20. The van der Waals surface area contributed by atoms with E-state index < -0.39 is 5.97 Å². The largest absolute Gasteiger partial charge is 0.475 e. The summed E-state index contributed by atoms with van der Waals surface area (Å²) in [4.78, 5) is 24.6. The zero-order valence-electron chi connectivity index (χ0n) is 13.1. The minimum Gasteiger partial charge on any atom is -0.475 e. The van der Waals surface area contributed by atoms with Crippen LogP contribution >= 0.6 is 0 Å². The molecular weight excluding hydrogens is 298 g/mol. The van der Waals surface area contributed by atoms with Crippen molar-refractivity contribution in [2.24, 2.45) is 11.8 Å². The van der Waals surface area contributed by atoms with Crippen molar-refractivity contribution in [1.29, 1.82) is 0 Å². The Balaban J connectivity index is 1.99. The molecule has 2 atom stereocenters. The maximum absolute atomic E-state index is 12.2. The van der Waals surface area contributed by atoms with Crippen molar-refractivity contribution < 1.29 is 19.2 Å². The molecule has 0 saturated carbocycles. The molecule has 1 aromatic heterocycles. The molecule has 0 aromatic carbocycles. The molecule has 1 fully saturated rings. The van der Waals surface area contributed by atoms with E-state index in [1.54, 1.807) is 11.9 Å². The van der Waals surface area contributed by atoms with Crippen LogP contribution in [0.2, 0.25) is 0 Å². The van der Waals surface area contributed by atoms with Gasteiger partial charge >= 0.3 is 5.97 Å². The number of terminal acetylenes is 1. The predicted molar refractivity (Wildman–Crippen MR) is 82.7 cm³/mol. The van der Waals surface area contributed by atoms with Gasteiger partial charge in [0, 0.05) is 19.5 Å². The number of aromatic nitrogens is 1. The topological polar surface area (TPSA) is 95.7 Å². The first-order valence-electron chi connectivity index (χ1n) is 7.58. The monoisotopic (exact) mass is 319 g/mol. The number of carboxylic acids is 1. The quantitative estimate of drug-likeness (QED) is 0.747. The second-order valence-electron chi connectivity index (χ2n) is 5.86. The van der Waals surface area contributed by atoms with E-state index in [0.717, 1.165) is 19.5 Å². The molecule has 1 aliphatic heterocycles. The third kappa shape index (κ3) is 4.57. The zero-order chi connectivity index (χ0) is 16.8. The summed E-state index contributed by atoms with van der Waals surface area (Å²) >= 11 is 0. The van der Waals surface area contributed by atoms with Gasteiger partial charge in [-0.1, -0.05) is 11.1 Å². The maximum atomic E-state index is 12.2. The number of carboxylic acid groups (broad SMARTS) is 1. The third-order valence-electron chi connectivity index (χ3n) is 4.20. The lowest BCUT2D eigenvalue weighted by molar-refractivity contribution is -0.131. The smallest absolute Gasteiger partial charge is 0.374 e. The molecule has 1 amide bonds. The summed E-state index contributed by atoms with van der Waals surface area (Å²) in [6.07, 6.45) is 7.15. The fraction of sp³-hybridized carbons (Fsp3) is 0.562. The average Bonchev–Trinajstić information content (AvgIpc) is 2.98. The predicted octanol–water partition coefficient (Wildman–Crippen LogP) is 0.623. The summed E-state index contributed by atoms with van der Waals surface area (Å²) in [5.41, 5.74) is 0.602. The van der Waals surface area contributed by atoms with Gasteiger partial charge in [0.25, 0.3) is 0 Å². The first-order valence-corrected chi connectivity index (χ1v) is 7.58. The van der Waals surface area contributed by atoms with Crippen molar-refractivity contribution in [3.8, 4) is 12.3 Å². The lowest BCUT2D eigenvalue weighted by Gasteiger charge is -2.32. The van der Waals surface area contributed by atoms with E-state index in [2.05, 4.69) is 16.4 Å². The zero-order valence-corrected chi connectivity index (χ0v) is 13.1. The Morgan fingerprint density at radius 2 is 2.35 bits per heavy atom. The van der Waals surface area contributed by atoms with Gasteiger partial charge in [0.15, 0.2) is 0 Å². The molecule has 1 saturated heterocycles. The molecular formula is C16H21N3O4. The van der Waals surface area contributed by atoms with Crippen LogP contribution in [0.1, 0.15) is 29.1 Å². The second kappa shape index (κ2) is 7.79. The Labute approximate surface area is 135 Å². The van der Waals surface area contributed by atoms with E-state index in [0.29, 0.717) is 25.1 Å². The number of carbonyl (C=O) groups excluding carboxylic acids is 1. The number of hydrogen-bond donors (Lipinski definition) is 2. The fourth-order valence-electron chi connectivity index (χ4n) is 2.87. The summed E-state index contributed by atoms with van der Waals surface area (Å²) < 4.78 is 4.79. The Kier molecular flexibility index (Phi) is 5.77. The Hall–Kier alpha value is -2.33. The lowest BCUT2D eigenvalue weighted by atomic mass is 9.81. The first-order chi connectivity index (χ1) is 11.0. The molecule has 1 aliphatic rings. The molecule has 0 spiro atoms. The molecule has 2 N–H and O–H groups in total. The van der Waals surface area contributed by atoms with Crippen LogP contribution in [-0.4, -0.2) is 53.7 Å². The number of hydrogen-bond acceptors (Lipinski definition) is 5. The highest BCUT2D eigenvalue weighted by Gasteiger charge is 2.29. The van der Waals surface area contributed by atoms with E-state index in [-0.39, 0.29) is 23.5 Å². The van der Waals surface area contributed by atoms with Gasteiger partial charge < -0.3 is 19.8 Å². The van der Waals surface area contributed by atoms with Crippen molar-refractivity contribution in [3.05, 3.63) is 17.5 Å². The van der Waals surface area contributed by atoms with Gasteiger partial charge in [0.2, 0.25) is 11.7 Å². The highest BCUT2D eigenvalue weighted by Crippen LogP contribution is 2.26. The summed E-state index contributed by atoms with van der Waals surface area (Å²) in [5, 5.41) is 16.0. The SMILES string of the molecule is C#CCN(C)C(=O)CC1CCNCC1Cc1cc(C(=O)O)on1. The van der Waals surface area contributed by atoms with Crippen LogP contribution in [0.25, 0.3) is 0 Å². The summed E-state index contributed by atoms with van der Waals surface area (Å²) in [6.45, 7) is 1.94. The number of carbonyl (C=O) groups is 2. The molecule has 0 bridgehead atoms. The van der Waals surface area contributed by atoms with Crippen LogP contribution in [0.4, 0.5) is 0 Å². The van der Waals surface area contributed by atoms with Crippen LogP contribution in [0.15, 0.2) is 10.6 Å². The molecule has 0 aliphatic carbocycles. The molecule has 0 radical (unpaired) electrons. The van der Waals surface area contributed by atoms with Gasteiger partial charge in [-0.15, -0.1) is 6.42 Å². The lowest BCUT2D eigenvalue weighted by Crippen LogP contribution is -2.40. The molecule has 7 nitrogen and oxygen atoms in total. The molecule has 1 aromatic rings. The minimum atomic E-state index is -1.13. The first kappa shape index (κ1) is 17.0. The van der Waals surface area contributed by atoms with Gasteiger partial charge in [0.05, 0.1) is 12.2 Å². The van der Waals surface area contributed by atoms with E-state index in [9.17, 15) is 9.59 Å². The normalized spacial score (nSPS) is 20.7. The number of nitrogens with one attached hydrogen (secondary N) is 1. The standard InChI is InChI=1S/C16H21N3O4/c1-3-6-19(2)15(20)8-11-4-5-17-10-12(11)7-13-9-14(16(21)22)23-18-13/h1,9,11-12,17H,4-8,10H2,2H3,(H,21,22). The van der Waals surface area contributed by atoms with Gasteiger partial charge in [0.1, 0.15) is 0 Å². The highest BCUT2D eigenvalue weighted by molar-refractivity contribution is 5.84. The Bertz CT molecular complexity index is 605. The van der Waals surface area contributed by atoms with Gasteiger partial charge in [-0.3, -0.25) is 4.79 Å². The van der Waals surface area contributed by atoms with Crippen molar-refractivity contribution in [2.45, 2.75) is 19.3 Å². The molecule has 7 heteroatoms. The van der Waals surface area contributed by atoms with Crippen LogP contribution in [0, 0.1) is 24.2 Å². The number of rotatable bonds is 6. The summed E-state index contributed by atoms with van der Waals surface area (Å²) in [5.74, 6) is 1.63.